The number of aliphatic hydroxyl groups is 3. The maximum absolute atomic E-state index is 11.7. The number of hydrogen-bond acceptors (Lipinski definition) is 6. The average molecular weight is 254 g/mol. The van der Waals surface area contributed by atoms with Crippen molar-refractivity contribution in [2.24, 2.45) is 0 Å². The Morgan fingerprint density at radius 1 is 1.22 bits per heavy atom. The lowest BCUT2D eigenvalue weighted by molar-refractivity contribution is -0.151. The van der Waals surface area contributed by atoms with Gasteiger partial charge in [0.15, 0.2) is 6.10 Å². The molecule has 4 atom stereocenters. The fraction of sp³-hybridized carbons (Fsp3) is 0.417. The van der Waals surface area contributed by atoms with Gasteiger partial charge in [-0.25, -0.2) is 4.79 Å². The Labute approximate surface area is 103 Å². The second kappa shape index (κ2) is 5.45. The first kappa shape index (κ1) is 13.0. The van der Waals surface area contributed by atoms with Crippen molar-refractivity contribution in [1.82, 2.24) is 0 Å². The Hall–Kier alpha value is -1.47. The minimum absolute atomic E-state index is 0.320. The van der Waals surface area contributed by atoms with Crippen molar-refractivity contribution in [3.63, 3.8) is 0 Å². The standard InChI is InChI=1S/C12H14O6/c13-6-8-9(14)10(15)11(18-8)12(16)17-7-4-2-1-3-5-7/h1-5,8-11,13-15H,6H2/t8-,9-,10-,11?/m1/s1. The Morgan fingerprint density at radius 3 is 2.44 bits per heavy atom. The quantitative estimate of drug-likeness (QED) is 0.476. The molecule has 0 amide bonds. The largest absolute Gasteiger partial charge is 0.425 e. The maximum atomic E-state index is 11.7. The van der Waals surface area contributed by atoms with E-state index in [-0.39, 0.29) is 0 Å². The summed E-state index contributed by atoms with van der Waals surface area (Å²) in [5, 5.41) is 28.0. The van der Waals surface area contributed by atoms with Crippen LogP contribution in [-0.4, -0.2) is 52.3 Å². The lowest BCUT2D eigenvalue weighted by Gasteiger charge is -2.13. The van der Waals surface area contributed by atoms with E-state index in [1.807, 2.05) is 0 Å². The highest BCUT2D eigenvalue weighted by molar-refractivity contribution is 5.78. The number of aliphatic hydroxyl groups excluding tert-OH is 3. The van der Waals surface area contributed by atoms with Gasteiger partial charge in [0.25, 0.3) is 0 Å². The second-order valence-corrected chi connectivity index (χ2v) is 3.99. The summed E-state index contributed by atoms with van der Waals surface area (Å²) in [6.07, 6.45) is -4.98. The minimum atomic E-state index is -1.40. The van der Waals surface area contributed by atoms with E-state index < -0.39 is 37.0 Å². The number of carbonyl (C=O) groups excluding carboxylic acids is 1. The Kier molecular flexibility index (Phi) is 3.93. The van der Waals surface area contributed by atoms with Gasteiger partial charge in [-0.15, -0.1) is 0 Å². The zero-order chi connectivity index (χ0) is 13.1. The third-order valence-electron chi connectivity index (χ3n) is 2.74. The third kappa shape index (κ3) is 2.51. The highest BCUT2D eigenvalue weighted by atomic mass is 16.6. The van der Waals surface area contributed by atoms with Crippen LogP contribution in [0.2, 0.25) is 0 Å². The summed E-state index contributed by atoms with van der Waals surface area (Å²) in [4.78, 5) is 11.7. The first-order valence-electron chi connectivity index (χ1n) is 5.52. The number of benzene rings is 1. The van der Waals surface area contributed by atoms with Gasteiger partial charge in [0.1, 0.15) is 24.1 Å². The highest BCUT2D eigenvalue weighted by Crippen LogP contribution is 2.23. The molecule has 6 nitrogen and oxygen atoms in total. The van der Waals surface area contributed by atoms with Crippen LogP contribution in [0.15, 0.2) is 30.3 Å². The molecule has 0 spiro atoms. The number of para-hydroxylation sites is 1. The number of hydrogen-bond donors (Lipinski definition) is 3. The molecule has 0 saturated carbocycles. The molecule has 1 heterocycles. The normalized spacial score (nSPS) is 31.3. The monoisotopic (exact) mass is 254 g/mol. The molecule has 0 aliphatic carbocycles. The number of esters is 1. The van der Waals surface area contributed by atoms with Crippen LogP contribution >= 0.6 is 0 Å². The van der Waals surface area contributed by atoms with Gasteiger partial charge < -0.3 is 24.8 Å². The summed E-state index contributed by atoms with van der Waals surface area (Å²) in [7, 11) is 0. The van der Waals surface area contributed by atoms with E-state index in [2.05, 4.69) is 0 Å². The van der Waals surface area contributed by atoms with Crippen molar-refractivity contribution in [3.05, 3.63) is 30.3 Å². The van der Waals surface area contributed by atoms with E-state index in [1.54, 1.807) is 30.3 Å². The first-order valence-corrected chi connectivity index (χ1v) is 5.52. The smallest absolute Gasteiger partial charge is 0.343 e. The van der Waals surface area contributed by atoms with Gasteiger partial charge >= 0.3 is 5.97 Å². The van der Waals surface area contributed by atoms with Crippen LogP contribution in [0.4, 0.5) is 0 Å². The van der Waals surface area contributed by atoms with Gasteiger partial charge in [-0.3, -0.25) is 0 Å². The molecule has 0 aromatic heterocycles. The van der Waals surface area contributed by atoms with Crippen LogP contribution in [0.1, 0.15) is 0 Å². The molecule has 18 heavy (non-hydrogen) atoms. The van der Waals surface area contributed by atoms with Crippen LogP contribution in [0, 0.1) is 0 Å². The van der Waals surface area contributed by atoms with Gasteiger partial charge in [-0.2, -0.15) is 0 Å². The van der Waals surface area contributed by atoms with Crippen molar-refractivity contribution in [2.75, 3.05) is 6.61 Å². The molecular formula is C12H14O6. The summed E-state index contributed by atoms with van der Waals surface area (Å²) in [5.41, 5.74) is 0. The molecular weight excluding hydrogens is 240 g/mol. The van der Waals surface area contributed by atoms with Crippen molar-refractivity contribution < 1.29 is 29.6 Å². The van der Waals surface area contributed by atoms with Crippen molar-refractivity contribution in [3.8, 4) is 5.75 Å². The van der Waals surface area contributed by atoms with E-state index in [0.29, 0.717) is 5.75 Å². The lowest BCUT2D eigenvalue weighted by Crippen LogP contribution is -2.38. The molecule has 1 unspecified atom stereocenters. The van der Waals surface area contributed by atoms with Crippen LogP contribution in [0.3, 0.4) is 0 Å². The fourth-order valence-electron chi connectivity index (χ4n) is 1.76. The molecule has 1 fully saturated rings. The van der Waals surface area contributed by atoms with Gasteiger partial charge in [0, 0.05) is 0 Å². The van der Waals surface area contributed by atoms with Crippen LogP contribution in [0.25, 0.3) is 0 Å². The van der Waals surface area contributed by atoms with E-state index in [4.69, 9.17) is 14.6 Å². The van der Waals surface area contributed by atoms with Gasteiger partial charge in [0.05, 0.1) is 6.61 Å². The molecule has 6 heteroatoms. The van der Waals surface area contributed by atoms with E-state index in [9.17, 15) is 15.0 Å². The van der Waals surface area contributed by atoms with E-state index >= 15 is 0 Å². The molecule has 2 rings (SSSR count). The molecule has 1 aliphatic rings. The zero-order valence-electron chi connectivity index (χ0n) is 9.47. The molecule has 1 aromatic rings. The molecule has 3 N–H and O–H groups in total. The molecule has 1 aromatic carbocycles. The third-order valence-corrected chi connectivity index (χ3v) is 2.74. The van der Waals surface area contributed by atoms with Gasteiger partial charge in [0.2, 0.25) is 0 Å². The molecule has 98 valence electrons. The zero-order valence-corrected chi connectivity index (χ0v) is 9.47. The molecule has 1 aliphatic heterocycles. The molecule has 0 radical (unpaired) electrons. The predicted octanol–water partition coefficient (Wildman–Crippen LogP) is -0.927. The summed E-state index contributed by atoms with van der Waals surface area (Å²) in [6, 6.07) is 8.32. The predicted molar refractivity (Wildman–Crippen MR) is 59.8 cm³/mol. The highest BCUT2D eigenvalue weighted by Gasteiger charge is 2.47. The summed E-state index contributed by atoms with van der Waals surface area (Å²) in [6.45, 7) is -0.479. The lowest BCUT2D eigenvalue weighted by atomic mass is 10.1. The van der Waals surface area contributed by atoms with Crippen LogP contribution in [-0.2, 0) is 9.53 Å². The van der Waals surface area contributed by atoms with E-state index in [1.165, 1.54) is 0 Å². The number of rotatable bonds is 3. The summed E-state index contributed by atoms with van der Waals surface area (Å²) >= 11 is 0. The summed E-state index contributed by atoms with van der Waals surface area (Å²) < 4.78 is 10.0. The fourth-order valence-corrected chi connectivity index (χ4v) is 1.76. The topological polar surface area (TPSA) is 96.2 Å². The number of ether oxygens (including phenoxy) is 2. The van der Waals surface area contributed by atoms with Crippen molar-refractivity contribution in [1.29, 1.82) is 0 Å². The van der Waals surface area contributed by atoms with Crippen molar-refractivity contribution >= 4 is 5.97 Å². The molecule has 0 bridgehead atoms. The average Bonchev–Trinajstić information content (AvgIpc) is 2.67. The van der Waals surface area contributed by atoms with Gasteiger partial charge in [-0.1, -0.05) is 18.2 Å². The van der Waals surface area contributed by atoms with Crippen LogP contribution < -0.4 is 4.74 Å². The molecule has 1 saturated heterocycles. The first-order chi connectivity index (χ1) is 8.63. The van der Waals surface area contributed by atoms with Crippen molar-refractivity contribution in [2.45, 2.75) is 24.4 Å². The Bertz CT molecular complexity index is 406. The van der Waals surface area contributed by atoms with E-state index in [0.717, 1.165) is 0 Å². The SMILES string of the molecule is O=C(Oc1ccccc1)C1O[C@H](CO)[C@@H](O)[C@H]1O. The summed E-state index contributed by atoms with van der Waals surface area (Å²) in [5.74, 6) is -0.482. The Balaban J connectivity index is 2.02. The maximum Gasteiger partial charge on any atom is 0.343 e. The minimum Gasteiger partial charge on any atom is -0.425 e. The van der Waals surface area contributed by atoms with Gasteiger partial charge in [-0.05, 0) is 12.1 Å². The number of carbonyl (C=O) groups is 1. The Morgan fingerprint density at radius 2 is 1.89 bits per heavy atom. The van der Waals surface area contributed by atoms with Crippen LogP contribution in [0.5, 0.6) is 5.75 Å². The second-order valence-electron chi connectivity index (χ2n) is 3.99.